The predicted molar refractivity (Wildman–Crippen MR) is 18.2 cm³/mol. The average Bonchev–Trinajstić information content (AvgIpc) is 1.38. The first-order valence-electron chi connectivity index (χ1n) is 0.906. The van der Waals surface area contributed by atoms with Crippen LogP contribution in [-0.4, -0.2) is 17.4 Å². The van der Waals surface area contributed by atoms with Crippen molar-refractivity contribution in [3.05, 3.63) is 0 Å². The summed E-state index contributed by atoms with van der Waals surface area (Å²) in [4.78, 5) is 0. The maximum Gasteiger partial charge on any atom is 1.00 e. The monoisotopic (exact) mass is 120 g/mol. The van der Waals surface area contributed by atoms with Crippen LogP contribution in [0.4, 0.5) is 0 Å². The molecule has 6 heavy (non-hydrogen) atoms. The first-order chi connectivity index (χ1) is 2.27. The molecule has 6 heteroatoms. The molecule has 0 aliphatic carbocycles. The number of hydrogen-bond donors (Lipinski definition) is 2. The molecule has 0 rings (SSSR count). The summed E-state index contributed by atoms with van der Waals surface area (Å²) in [6, 6.07) is 0. The van der Waals surface area contributed by atoms with E-state index in [0.717, 1.165) is 0 Å². The van der Waals surface area contributed by atoms with Gasteiger partial charge in [0.1, 0.15) is 0 Å². The van der Waals surface area contributed by atoms with E-state index < -0.39 is 7.32 Å². The molecule has 0 amide bonds. The summed E-state index contributed by atoms with van der Waals surface area (Å²) < 4.78 is 3.33. The molecule has 0 bridgehead atoms. The van der Waals surface area contributed by atoms with Crippen molar-refractivity contribution in [3.63, 3.8) is 0 Å². The van der Waals surface area contributed by atoms with Crippen LogP contribution in [0.25, 0.3) is 0 Å². The number of hydrogen-bond acceptors (Lipinski definition) is 3. The zero-order valence-electron chi connectivity index (χ0n) is 4.26. The molecule has 0 saturated carbocycles. The van der Waals surface area contributed by atoms with Gasteiger partial charge in [-0.15, -0.1) is 0 Å². The molecule has 0 radical (unpaired) electrons. The van der Waals surface area contributed by atoms with Gasteiger partial charge in [0, 0.05) is 11.9 Å². The Kier molecular flexibility index (Phi) is 10.7. The third kappa shape index (κ3) is 8.97. The molecular weight excluding hydrogens is 117 g/mol. The molecule has 32 valence electrons. The Balaban J connectivity index is -0.0000000800. The molecule has 0 heterocycles. The molecule has 2 N–H and O–H groups in total. The van der Waals surface area contributed by atoms with Crippen molar-refractivity contribution in [3.8, 4) is 0 Å². The summed E-state index contributed by atoms with van der Waals surface area (Å²) in [5.74, 6) is 0. The second kappa shape index (κ2) is 6.23. The average molecular weight is 120 g/mol. The minimum Gasteiger partial charge on any atom is -1.00 e. The van der Waals surface area contributed by atoms with Crippen LogP contribution in [-0.2, 0) is 4.21 Å². The summed E-state index contributed by atoms with van der Waals surface area (Å²) >= 11 is 4.34. The SMILES string of the molecule is OB(O)OCl.[H-].[Na+]. The Morgan fingerprint density at radius 1 is 1.67 bits per heavy atom. The summed E-state index contributed by atoms with van der Waals surface area (Å²) in [6.45, 7) is 0. The third-order valence-electron chi connectivity index (χ3n) is 0.0797. The van der Waals surface area contributed by atoms with E-state index in [0.29, 0.717) is 0 Å². The van der Waals surface area contributed by atoms with Gasteiger partial charge < -0.3 is 11.5 Å². The molecular formula is H3BClNaO3. The normalized spacial score (nSPS) is 6.50. The van der Waals surface area contributed by atoms with Gasteiger partial charge in [-0.05, 0) is 0 Å². The van der Waals surface area contributed by atoms with Gasteiger partial charge in [0.05, 0.1) is 0 Å². The van der Waals surface area contributed by atoms with Gasteiger partial charge in [-0.25, -0.2) is 0 Å². The molecule has 0 aliphatic rings. The predicted octanol–water partition coefficient (Wildman–Crippen LogP) is -3.76. The zero-order chi connectivity index (χ0) is 4.28. The summed E-state index contributed by atoms with van der Waals surface area (Å²) in [6.07, 6.45) is 0. The van der Waals surface area contributed by atoms with Gasteiger partial charge in [0.15, 0.2) is 0 Å². The van der Waals surface area contributed by atoms with Crippen molar-refractivity contribution in [1.82, 2.24) is 0 Å². The minimum absolute atomic E-state index is 0. The quantitative estimate of drug-likeness (QED) is 0.350. The van der Waals surface area contributed by atoms with Crippen LogP contribution in [0.1, 0.15) is 1.43 Å². The van der Waals surface area contributed by atoms with E-state index in [1.807, 2.05) is 0 Å². The Hall–Kier alpha value is 1.23. The Morgan fingerprint density at radius 2 is 1.83 bits per heavy atom. The number of halogens is 1. The van der Waals surface area contributed by atoms with E-state index in [1.54, 1.807) is 0 Å². The van der Waals surface area contributed by atoms with E-state index in [-0.39, 0.29) is 31.0 Å². The molecule has 0 saturated heterocycles. The second-order valence-electron chi connectivity index (χ2n) is 0.415. The van der Waals surface area contributed by atoms with Crippen LogP contribution in [0.15, 0.2) is 0 Å². The van der Waals surface area contributed by atoms with E-state index in [1.165, 1.54) is 0 Å². The Labute approximate surface area is 64.4 Å². The molecule has 0 unspecified atom stereocenters. The summed E-state index contributed by atoms with van der Waals surface area (Å²) in [7, 11) is -1.85. The summed E-state index contributed by atoms with van der Waals surface area (Å²) in [5, 5.41) is 15.1. The molecule has 0 aliphatic heterocycles. The number of rotatable bonds is 1. The van der Waals surface area contributed by atoms with Crippen LogP contribution in [0, 0.1) is 0 Å². The molecule has 0 aromatic heterocycles. The van der Waals surface area contributed by atoms with Gasteiger partial charge >= 0.3 is 36.9 Å². The van der Waals surface area contributed by atoms with Gasteiger partial charge in [-0.1, -0.05) is 0 Å². The van der Waals surface area contributed by atoms with Gasteiger partial charge in [-0.2, -0.15) is 0 Å². The molecule has 0 spiro atoms. The third-order valence-corrected chi connectivity index (χ3v) is 0.239. The van der Waals surface area contributed by atoms with E-state index in [2.05, 4.69) is 16.1 Å². The topological polar surface area (TPSA) is 49.7 Å². The van der Waals surface area contributed by atoms with Gasteiger partial charge in [-0.3, -0.25) is 4.21 Å². The van der Waals surface area contributed by atoms with Crippen molar-refractivity contribution in [2.45, 2.75) is 0 Å². The molecule has 0 aromatic carbocycles. The summed E-state index contributed by atoms with van der Waals surface area (Å²) in [5.41, 5.74) is 0. The zero-order valence-corrected chi connectivity index (χ0v) is 6.01. The van der Waals surface area contributed by atoms with Crippen molar-refractivity contribution < 1.29 is 45.2 Å². The van der Waals surface area contributed by atoms with Crippen LogP contribution in [0.2, 0.25) is 0 Å². The fourth-order valence-electron chi connectivity index (χ4n) is 0. The standard InChI is InChI=1S/BClH2O3.Na.H/c2-5-1(3)4;;/h3-4H;;/q;+1;-1. The van der Waals surface area contributed by atoms with E-state index >= 15 is 0 Å². The molecule has 0 fully saturated rings. The van der Waals surface area contributed by atoms with E-state index in [4.69, 9.17) is 10.0 Å². The fraction of sp³-hybridized carbons (Fsp3) is 0. The Morgan fingerprint density at radius 3 is 1.83 bits per heavy atom. The molecule has 0 aromatic rings. The van der Waals surface area contributed by atoms with Crippen LogP contribution >= 0.6 is 11.9 Å². The maximum absolute atomic E-state index is 7.56. The van der Waals surface area contributed by atoms with Crippen molar-refractivity contribution in [2.75, 3.05) is 0 Å². The van der Waals surface area contributed by atoms with Crippen LogP contribution < -0.4 is 29.6 Å². The first kappa shape index (κ1) is 10.3. The largest absolute Gasteiger partial charge is 1.00 e. The van der Waals surface area contributed by atoms with Crippen molar-refractivity contribution in [1.29, 1.82) is 0 Å². The smallest absolute Gasteiger partial charge is 1.00 e. The van der Waals surface area contributed by atoms with Gasteiger partial charge in [0.2, 0.25) is 0 Å². The van der Waals surface area contributed by atoms with Crippen molar-refractivity contribution >= 4 is 19.2 Å². The maximum atomic E-state index is 7.56. The van der Waals surface area contributed by atoms with Gasteiger partial charge in [0.25, 0.3) is 0 Å². The molecule has 0 atom stereocenters. The molecule has 3 nitrogen and oxygen atoms in total. The minimum atomic E-state index is -1.85. The first-order valence-corrected chi connectivity index (χ1v) is 1.22. The van der Waals surface area contributed by atoms with Crippen LogP contribution in [0.3, 0.4) is 0 Å². The van der Waals surface area contributed by atoms with Crippen molar-refractivity contribution in [2.24, 2.45) is 0 Å². The Bertz CT molecular complexity index is 28.9. The van der Waals surface area contributed by atoms with E-state index in [9.17, 15) is 0 Å². The second-order valence-corrected chi connectivity index (χ2v) is 0.594. The fourth-order valence-corrected chi connectivity index (χ4v) is 0. The van der Waals surface area contributed by atoms with Crippen LogP contribution in [0.5, 0.6) is 0 Å².